The Bertz CT molecular complexity index is 182. The van der Waals surface area contributed by atoms with Crippen molar-refractivity contribution in [1.29, 1.82) is 0 Å². The first kappa shape index (κ1) is 8.97. The Balaban J connectivity index is 1.67. The summed E-state index contributed by atoms with van der Waals surface area (Å²) in [7, 11) is 0. The summed E-state index contributed by atoms with van der Waals surface area (Å²) in [5.74, 6) is -0.227. The van der Waals surface area contributed by atoms with Gasteiger partial charge in [-0.15, -0.1) is 0 Å². The number of epoxide rings is 1. The third-order valence-corrected chi connectivity index (χ3v) is 2.26. The van der Waals surface area contributed by atoms with Crippen LogP contribution in [-0.2, 0) is 19.0 Å². The number of hydrogen-bond acceptors (Lipinski definition) is 4. The van der Waals surface area contributed by atoms with Crippen LogP contribution in [0.4, 0.5) is 0 Å². The fourth-order valence-corrected chi connectivity index (χ4v) is 1.36. The molecule has 2 rings (SSSR count). The lowest BCUT2D eigenvalue weighted by atomic mass is 10.1. The molecule has 0 saturated carbocycles. The molecule has 2 heterocycles. The topological polar surface area (TPSA) is 48.1 Å². The van der Waals surface area contributed by atoms with E-state index in [1.807, 2.05) is 0 Å². The van der Waals surface area contributed by atoms with Crippen LogP contribution < -0.4 is 0 Å². The van der Waals surface area contributed by atoms with Gasteiger partial charge >= 0.3 is 5.97 Å². The van der Waals surface area contributed by atoms with Crippen molar-refractivity contribution in [2.24, 2.45) is 0 Å². The van der Waals surface area contributed by atoms with Gasteiger partial charge in [-0.2, -0.15) is 0 Å². The minimum atomic E-state index is -0.326. The van der Waals surface area contributed by atoms with Crippen molar-refractivity contribution in [3.63, 3.8) is 0 Å². The number of ether oxygens (including phenoxy) is 3. The van der Waals surface area contributed by atoms with E-state index in [9.17, 15) is 4.79 Å². The smallest absolute Gasteiger partial charge is 0.335 e. The maximum atomic E-state index is 11.3. The van der Waals surface area contributed by atoms with E-state index < -0.39 is 0 Å². The zero-order valence-corrected chi connectivity index (χ0v) is 7.53. The first-order valence-electron chi connectivity index (χ1n) is 4.76. The molecule has 4 nitrogen and oxygen atoms in total. The van der Waals surface area contributed by atoms with Crippen LogP contribution in [-0.4, -0.2) is 38.0 Å². The van der Waals surface area contributed by atoms with Gasteiger partial charge in [0.15, 0.2) is 6.10 Å². The molecule has 2 fully saturated rings. The van der Waals surface area contributed by atoms with Gasteiger partial charge in [0.1, 0.15) is 12.7 Å². The van der Waals surface area contributed by atoms with E-state index in [2.05, 4.69) is 0 Å². The van der Waals surface area contributed by atoms with Crippen molar-refractivity contribution in [2.45, 2.75) is 31.5 Å². The molecule has 0 aliphatic carbocycles. The van der Waals surface area contributed by atoms with Crippen LogP contribution in [0.15, 0.2) is 0 Å². The maximum absolute atomic E-state index is 11.3. The molecule has 2 atom stereocenters. The van der Waals surface area contributed by atoms with E-state index in [4.69, 9.17) is 14.2 Å². The molecule has 2 aliphatic rings. The van der Waals surface area contributed by atoms with Crippen molar-refractivity contribution in [2.75, 3.05) is 19.8 Å². The predicted octanol–water partition coefficient (Wildman–Crippen LogP) is 0.497. The Morgan fingerprint density at radius 3 is 2.85 bits per heavy atom. The van der Waals surface area contributed by atoms with Crippen molar-refractivity contribution < 1.29 is 19.0 Å². The minimum absolute atomic E-state index is 0.146. The fraction of sp³-hybridized carbons (Fsp3) is 0.889. The van der Waals surface area contributed by atoms with Crippen LogP contribution in [0.5, 0.6) is 0 Å². The molecule has 74 valence electrons. The third kappa shape index (κ3) is 2.67. The first-order valence-corrected chi connectivity index (χ1v) is 4.76. The average molecular weight is 186 g/mol. The van der Waals surface area contributed by atoms with Gasteiger partial charge in [-0.1, -0.05) is 0 Å². The highest BCUT2D eigenvalue weighted by atomic mass is 16.6. The second-order valence-corrected chi connectivity index (χ2v) is 3.44. The number of rotatable bonds is 3. The SMILES string of the molecule is O=C(OC[C@H]1CO1)[C@@H]1CCCCO1. The second kappa shape index (κ2) is 4.07. The summed E-state index contributed by atoms with van der Waals surface area (Å²) in [6.45, 7) is 1.79. The second-order valence-electron chi connectivity index (χ2n) is 3.44. The van der Waals surface area contributed by atoms with Crippen LogP contribution in [0.1, 0.15) is 19.3 Å². The monoisotopic (exact) mass is 186 g/mol. The van der Waals surface area contributed by atoms with Crippen molar-refractivity contribution in [3.05, 3.63) is 0 Å². The number of carbonyl (C=O) groups excluding carboxylic acids is 1. The van der Waals surface area contributed by atoms with E-state index >= 15 is 0 Å². The van der Waals surface area contributed by atoms with Gasteiger partial charge in [-0.05, 0) is 19.3 Å². The van der Waals surface area contributed by atoms with E-state index in [0.717, 1.165) is 25.9 Å². The Morgan fingerprint density at radius 2 is 2.23 bits per heavy atom. The lowest BCUT2D eigenvalue weighted by molar-refractivity contribution is -0.160. The average Bonchev–Trinajstić information content (AvgIpc) is 2.99. The molecule has 0 spiro atoms. The van der Waals surface area contributed by atoms with Crippen molar-refractivity contribution in [1.82, 2.24) is 0 Å². The van der Waals surface area contributed by atoms with E-state index in [1.54, 1.807) is 0 Å². The highest BCUT2D eigenvalue weighted by Crippen LogP contribution is 2.15. The van der Waals surface area contributed by atoms with Crippen molar-refractivity contribution in [3.8, 4) is 0 Å². The lowest BCUT2D eigenvalue weighted by Gasteiger charge is -2.20. The summed E-state index contributed by atoms with van der Waals surface area (Å²) in [6, 6.07) is 0. The Morgan fingerprint density at radius 1 is 1.38 bits per heavy atom. The largest absolute Gasteiger partial charge is 0.461 e. The molecule has 0 amide bonds. The summed E-state index contributed by atoms with van der Waals surface area (Å²) in [5.41, 5.74) is 0. The molecule has 0 radical (unpaired) electrons. The van der Waals surface area contributed by atoms with E-state index in [0.29, 0.717) is 13.2 Å². The molecule has 0 unspecified atom stereocenters. The van der Waals surface area contributed by atoms with Crippen LogP contribution >= 0.6 is 0 Å². The quantitative estimate of drug-likeness (QED) is 0.475. The number of carbonyl (C=O) groups is 1. The predicted molar refractivity (Wildman–Crippen MR) is 44.3 cm³/mol. The highest BCUT2D eigenvalue weighted by molar-refractivity contribution is 5.74. The van der Waals surface area contributed by atoms with Crippen LogP contribution in [0.25, 0.3) is 0 Å². The molecular formula is C9H14O4. The van der Waals surface area contributed by atoms with Gasteiger partial charge < -0.3 is 14.2 Å². The Kier molecular flexibility index (Phi) is 2.80. The van der Waals surface area contributed by atoms with E-state index in [-0.39, 0.29) is 18.2 Å². The molecule has 0 aromatic carbocycles. The molecule has 4 heteroatoms. The standard InChI is InChI=1S/C9H14O4/c10-9(13-6-7-5-12-7)8-3-1-2-4-11-8/h7-8H,1-6H2/t7-,8+/m1/s1. The molecule has 2 aliphatic heterocycles. The van der Waals surface area contributed by atoms with Gasteiger partial charge in [-0.25, -0.2) is 4.79 Å². The minimum Gasteiger partial charge on any atom is -0.461 e. The Hall–Kier alpha value is -0.610. The zero-order chi connectivity index (χ0) is 9.10. The molecule has 0 N–H and O–H groups in total. The summed E-state index contributed by atoms with van der Waals surface area (Å²) < 4.78 is 15.2. The molecule has 0 bridgehead atoms. The highest BCUT2D eigenvalue weighted by Gasteiger charge is 2.28. The summed E-state index contributed by atoms with van der Waals surface area (Å²) in [5, 5.41) is 0. The van der Waals surface area contributed by atoms with Crippen LogP contribution in [0.3, 0.4) is 0 Å². The molecule has 2 saturated heterocycles. The normalized spacial score (nSPS) is 32.6. The van der Waals surface area contributed by atoms with Gasteiger partial charge in [0.25, 0.3) is 0 Å². The zero-order valence-electron chi connectivity index (χ0n) is 7.53. The van der Waals surface area contributed by atoms with Crippen LogP contribution in [0.2, 0.25) is 0 Å². The van der Waals surface area contributed by atoms with Gasteiger partial charge in [0, 0.05) is 6.61 Å². The molecule has 0 aromatic rings. The molecular weight excluding hydrogens is 172 g/mol. The van der Waals surface area contributed by atoms with Gasteiger partial charge in [-0.3, -0.25) is 0 Å². The lowest BCUT2D eigenvalue weighted by Crippen LogP contribution is -2.30. The summed E-state index contributed by atoms with van der Waals surface area (Å²) in [6.07, 6.45) is 2.72. The molecule has 0 aromatic heterocycles. The third-order valence-electron chi connectivity index (χ3n) is 2.26. The summed E-state index contributed by atoms with van der Waals surface area (Å²) in [4.78, 5) is 11.3. The molecule has 13 heavy (non-hydrogen) atoms. The van der Waals surface area contributed by atoms with Crippen molar-refractivity contribution >= 4 is 5.97 Å². The van der Waals surface area contributed by atoms with Crippen LogP contribution in [0, 0.1) is 0 Å². The van der Waals surface area contributed by atoms with E-state index in [1.165, 1.54) is 0 Å². The van der Waals surface area contributed by atoms with Gasteiger partial charge in [0.05, 0.1) is 6.61 Å². The van der Waals surface area contributed by atoms with Gasteiger partial charge in [0.2, 0.25) is 0 Å². The summed E-state index contributed by atoms with van der Waals surface area (Å²) >= 11 is 0. The number of hydrogen-bond donors (Lipinski definition) is 0. The Labute approximate surface area is 77.1 Å². The maximum Gasteiger partial charge on any atom is 0.335 e. The fourth-order valence-electron chi connectivity index (χ4n) is 1.36. The number of esters is 1. The first-order chi connectivity index (χ1) is 6.36.